The number of carbonyl (C=O) groups is 2. The Kier molecular flexibility index (Phi) is 5.53. The van der Waals surface area contributed by atoms with Crippen molar-refractivity contribution < 1.29 is 9.59 Å². The molecule has 0 saturated carbocycles. The highest BCUT2D eigenvalue weighted by Crippen LogP contribution is 2.30. The Bertz CT molecular complexity index is 1090. The Morgan fingerprint density at radius 2 is 1.77 bits per heavy atom. The molecule has 2 N–H and O–H groups in total. The molecule has 30 heavy (non-hydrogen) atoms. The van der Waals surface area contributed by atoms with Crippen LogP contribution >= 0.6 is 0 Å². The monoisotopic (exact) mass is 399 g/mol. The summed E-state index contributed by atoms with van der Waals surface area (Å²) in [6, 6.07) is 21.1. The second-order valence-electron chi connectivity index (χ2n) is 7.66. The van der Waals surface area contributed by atoms with Gasteiger partial charge in [0.25, 0.3) is 5.91 Å². The molecule has 1 aliphatic heterocycles. The molecule has 5 nitrogen and oxygen atoms in total. The lowest BCUT2D eigenvalue weighted by molar-refractivity contribution is 0.0989. The van der Waals surface area contributed by atoms with E-state index in [0.29, 0.717) is 18.7 Å². The van der Waals surface area contributed by atoms with E-state index in [1.165, 1.54) is 0 Å². The van der Waals surface area contributed by atoms with Crippen molar-refractivity contribution in [1.82, 2.24) is 5.32 Å². The third-order valence-corrected chi connectivity index (χ3v) is 5.40. The Balaban J connectivity index is 1.40. The number of benzene rings is 3. The molecule has 0 atom stereocenters. The molecule has 0 aliphatic carbocycles. The van der Waals surface area contributed by atoms with Gasteiger partial charge >= 0.3 is 6.03 Å². The SMILES string of the molecule is Cc1ccc(C)c(NC(=O)NCc2ccc3c(c2)CCN3C(=O)c2ccccc2)c1. The number of hydrogen-bond donors (Lipinski definition) is 2. The maximum Gasteiger partial charge on any atom is 0.319 e. The van der Waals surface area contributed by atoms with E-state index in [4.69, 9.17) is 0 Å². The van der Waals surface area contributed by atoms with Gasteiger partial charge in [-0.3, -0.25) is 4.79 Å². The topological polar surface area (TPSA) is 61.4 Å². The van der Waals surface area contributed by atoms with Crippen LogP contribution in [-0.2, 0) is 13.0 Å². The molecule has 4 rings (SSSR count). The second-order valence-corrected chi connectivity index (χ2v) is 7.66. The van der Waals surface area contributed by atoms with Crippen LogP contribution in [0.25, 0.3) is 0 Å². The maximum atomic E-state index is 12.8. The maximum absolute atomic E-state index is 12.8. The van der Waals surface area contributed by atoms with Crippen molar-refractivity contribution in [3.63, 3.8) is 0 Å². The van der Waals surface area contributed by atoms with Gasteiger partial charge in [-0.05, 0) is 66.8 Å². The molecule has 0 unspecified atom stereocenters. The minimum Gasteiger partial charge on any atom is -0.334 e. The Morgan fingerprint density at radius 1 is 0.967 bits per heavy atom. The van der Waals surface area contributed by atoms with Crippen LogP contribution in [0.3, 0.4) is 0 Å². The smallest absolute Gasteiger partial charge is 0.319 e. The number of rotatable bonds is 4. The number of anilines is 2. The molecule has 152 valence electrons. The zero-order chi connectivity index (χ0) is 21.1. The molecule has 0 spiro atoms. The largest absolute Gasteiger partial charge is 0.334 e. The average Bonchev–Trinajstić information content (AvgIpc) is 3.18. The van der Waals surface area contributed by atoms with E-state index in [1.807, 2.05) is 79.4 Å². The van der Waals surface area contributed by atoms with Gasteiger partial charge in [0.2, 0.25) is 0 Å². The molecule has 0 aromatic heterocycles. The molecule has 1 aliphatic rings. The summed E-state index contributed by atoms with van der Waals surface area (Å²) in [6.07, 6.45) is 0.816. The van der Waals surface area contributed by atoms with Gasteiger partial charge in [-0.25, -0.2) is 4.79 Å². The highest BCUT2D eigenvalue weighted by Gasteiger charge is 2.25. The molecule has 0 radical (unpaired) electrons. The third kappa shape index (κ3) is 4.20. The molecule has 3 amide bonds. The molecule has 3 aromatic rings. The number of urea groups is 1. The van der Waals surface area contributed by atoms with Crippen molar-refractivity contribution in [3.8, 4) is 0 Å². The van der Waals surface area contributed by atoms with Crippen molar-refractivity contribution in [1.29, 1.82) is 0 Å². The van der Waals surface area contributed by atoms with E-state index in [2.05, 4.69) is 16.7 Å². The van der Waals surface area contributed by atoms with Gasteiger partial charge in [-0.2, -0.15) is 0 Å². The lowest BCUT2D eigenvalue weighted by Crippen LogP contribution is -2.29. The predicted molar refractivity (Wildman–Crippen MR) is 120 cm³/mol. The summed E-state index contributed by atoms with van der Waals surface area (Å²) in [4.78, 5) is 26.9. The van der Waals surface area contributed by atoms with E-state index in [-0.39, 0.29) is 11.9 Å². The number of nitrogens with zero attached hydrogens (tertiary/aromatic N) is 1. The van der Waals surface area contributed by atoms with E-state index >= 15 is 0 Å². The van der Waals surface area contributed by atoms with Crippen LogP contribution in [0.1, 0.15) is 32.6 Å². The first-order valence-electron chi connectivity index (χ1n) is 10.1. The first-order chi connectivity index (χ1) is 14.5. The van der Waals surface area contributed by atoms with Crippen LogP contribution in [0, 0.1) is 13.8 Å². The first-order valence-corrected chi connectivity index (χ1v) is 10.1. The predicted octanol–water partition coefficient (Wildman–Crippen LogP) is 4.83. The molecule has 0 saturated heterocycles. The standard InChI is InChI=1S/C25H25N3O2/c1-17-8-9-18(2)22(14-17)27-25(30)26-16-19-10-11-23-21(15-19)12-13-28(23)24(29)20-6-4-3-5-7-20/h3-11,14-15H,12-13,16H2,1-2H3,(H2,26,27,30). The van der Waals surface area contributed by atoms with Gasteiger partial charge in [-0.15, -0.1) is 0 Å². The van der Waals surface area contributed by atoms with Crippen LogP contribution in [0.15, 0.2) is 66.7 Å². The quantitative estimate of drug-likeness (QED) is 0.660. The fourth-order valence-corrected chi connectivity index (χ4v) is 3.73. The molecule has 5 heteroatoms. The van der Waals surface area contributed by atoms with Crippen LogP contribution in [0.2, 0.25) is 0 Å². The average molecular weight is 399 g/mol. The number of amides is 3. The number of fused-ring (bicyclic) bond motifs is 1. The molecule has 0 bridgehead atoms. The second kappa shape index (κ2) is 8.41. The summed E-state index contributed by atoms with van der Waals surface area (Å²) >= 11 is 0. The molecule has 0 fully saturated rings. The zero-order valence-corrected chi connectivity index (χ0v) is 17.2. The highest BCUT2D eigenvalue weighted by molar-refractivity contribution is 6.07. The van der Waals surface area contributed by atoms with Crippen molar-refractivity contribution in [2.75, 3.05) is 16.8 Å². The summed E-state index contributed by atoms with van der Waals surface area (Å²) in [5.41, 5.74) is 6.73. The lowest BCUT2D eigenvalue weighted by atomic mass is 10.1. The van der Waals surface area contributed by atoms with E-state index < -0.39 is 0 Å². The van der Waals surface area contributed by atoms with E-state index in [0.717, 1.165) is 40.0 Å². The summed E-state index contributed by atoms with van der Waals surface area (Å²) in [5.74, 6) is 0.0214. The fraction of sp³-hybridized carbons (Fsp3) is 0.200. The minimum absolute atomic E-state index is 0.0214. The van der Waals surface area contributed by atoms with Crippen molar-refractivity contribution in [2.24, 2.45) is 0 Å². The van der Waals surface area contributed by atoms with Gasteiger partial charge in [0.05, 0.1) is 0 Å². The molecule has 3 aromatic carbocycles. The molecular formula is C25H25N3O2. The van der Waals surface area contributed by atoms with Crippen LogP contribution in [0.5, 0.6) is 0 Å². The minimum atomic E-state index is -0.231. The Morgan fingerprint density at radius 3 is 2.57 bits per heavy atom. The normalized spacial score (nSPS) is 12.4. The van der Waals surface area contributed by atoms with Crippen LogP contribution < -0.4 is 15.5 Å². The number of carbonyl (C=O) groups excluding carboxylic acids is 2. The van der Waals surface area contributed by atoms with Gasteiger partial charge in [0.15, 0.2) is 0 Å². The lowest BCUT2D eigenvalue weighted by Gasteiger charge is -2.18. The van der Waals surface area contributed by atoms with Crippen molar-refractivity contribution >= 4 is 23.3 Å². The number of aryl methyl sites for hydroxylation is 2. The van der Waals surface area contributed by atoms with E-state index in [9.17, 15) is 9.59 Å². The van der Waals surface area contributed by atoms with Gasteiger partial charge in [-0.1, -0.05) is 42.5 Å². The van der Waals surface area contributed by atoms with Gasteiger partial charge in [0.1, 0.15) is 0 Å². The zero-order valence-electron chi connectivity index (χ0n) is 17.2. The van der Waals surface area contributed by atoms with Gasteiger partial charge < -0.3 is 15.5 Å². The first kappa shape index (κ1) is 19.7. The summed E-state index contributed by atoms with van der Waals surface area (Å²) in [7, 11) is 0. The number of hydrogen-bond acceptors (Lipinski definition) is 2. The molecule has 1 heterocycles. The summed E-state index contributed by atoms with van der Waals surface area (Å²) in [5, 5.41) is 5.83. The third-order valence-electron chi connectivity index (χ3n) is 5.40. The van der Waals surface area contributed by atoms with Gasteiger partial charge in [0, 0.05) is 30.0 Å². The molecular weight excluding hydrogens is 374 g/mol. The van der Waals surface area contributed by atoms with Crippen LogP contribution in [-0.4, -0.2) is 18.5 Å². The Hall–Kier alpha value is -3.60. The van der Waals surface area contributed by atoms with Crippen molar-refractivity contribution in [2.45, 2.75) is 26.8 Å². The van der Waals surface area contributed by atoms with Crippen LogP contribution in [0.4, 0.5) is 16.2 Å². The summed E-state index contributed by atoms with van der Waals surface area (Å²) < 4.78 is 0. The van der Waals surface area contributed by atoms with Crippen molar-refractivity contribution in [3.05, 3.63) is 94.5 Å². The number of nitrogens with one attached hydrogen (secondary N) is 2. The van der Waals surface area contributed by atoms with E-state index in [1.54, 1.807) is 0 Å². The summed E-state index contributed by atoms with van der Waals surface area (Å²) in [6.45, 7) is 5.07. The Labute approximate surface area is 176 Å². The highest BCUT2D eigenvalue weighted by atomic mass is 16.2. The fourth-order valence-electron chi connectivity index (χ4n) is 3.73.